The Hall–Kier alpha value is -1.69. The summed E-state index contributed by atoms with van der Waals surface area (Å²) < 4.78 is 3.12. The average molecular weight is 258 g/mol. The van der Waals surface area contributed by atoms with Crippen molar-refractivity contribution in [2.45, 2.75) is 6.04 Å². The number of nitrogens with one attached hydrogen (secondary N) is 1. The third-order valence-electron chi connectivity index (χ3n) is 3.14. The fourth-order valence-corrected chi connectivity index (χ4v) is 3.21. The molecule has 0 aliphatic rings. The second-order valence-corrected chi connectivity index (χ2v) is 5.08. The van der Waals surface area contributed by atoms with Gasteiger partial charge in [0, 0.05) is 17.9 Å². The van der Waals surface area contributed by atoms with Gasteiger partial charge in [-0.15, -0.1) is 11.3 Å². The molecule has 92 valence electrons. The van der Waals surface area contributed by atoms with E-state index < -0.39 is 0 Å². The number of nitrogens with two attached hydrogens (primary N) is 1. The lowest BCUT2D eigenvalue weighted by atomic mass is 10.0. The van der Waals surface area contributed by atoms with Gasteiger partial charge in [0.25, 0.3) is 0 Å². The van der Waals surface area contributed by atoms with Crippen LogP contribution in [0.1, 0.15) is 17.3 Å². The molecule has 0 aliphatic heterocycles. The highest BCUT2D eigenvalue weighted by molar-refractivity contribution is 7.17. The number of benzene rings is 1. The Kier molecular flexibility index (Phi) is 2.87. The minimum absolute atomic E-state index is 0.0337. The number of rotatable bonds is 3. The normalized spacial score (nSPS) is 13.0. The molecule has 5 heteroatoms. The van der Waals surface area contributed by atoms with E-state index in [1.807, 2.05) is 17.8 Å². The SMILES string of the molecule is Cn1nccc1C(NN)c1csc2ccccc12. The maximum Gasteiger partial charge on any atom is 0.0892 e. The van der Waals surface area contributed by atoms with Crippen molar-refractivity contribution in [3.63, 3.8) is 0 Å². The van der Waals surface area contributed by atoms with E-state index in [2.05, 4.69) is 40.2 Å². The Morgan fingerprint density at radius 2 is 2.17 bits per heavy atom. The van der Waals surface area contributed by atoms with E-state index in [4.69, 9.17) is 5.84 Å². The molecular formula is C13H14N4S. The second kappa shape index (κ2) is 4.53. The van der Waals surface area contributed by atoms with Crippen molar-refractivity contribution in [1.29, 1.82) is 0 Å². The Morgan fingerprint density at radius 3 is 2.89 bits per heavy atom. The monoisotopic (exact) mass is 258 g/mol. The van der Waals surface area contributed by atoms with Crippen molar-refractivity contribution in [3.05, 3.63) is 53.2 Å². The summed E-state index contributed by atoms with van der Waals surface area (Å²) in [6.07, 6.45) is 1.79. The number of hydrogen-bond donors (Lipinski definition) is 2. The highest BCUT2D eigenvalue weighted by atomic mass is 32.1. The molecule has 18 heavy (non-hydrogen) atoms. The van der Waals surface area contributed by atoms with E-state index >= 15 is 0 Å². The van der Waals surface area contributed by atoms with Crippen molar-refractivity contribution < 1.29 is 0 Å². The van der Waals surface area contributed by atoms with Crippen LogP contribution in [0.15, 0.2) is 41.9 Å². The molecule has 0 saturated carbocycles. The lowest BCUT2D eigenvalue weighted by Crippen LogP contribution is -2.30. The van der Waals surface area contributed by atoms with E-state index in [0.29, 0.717) is 0 Å². The maximum atomic E-state index is 5.73. The van der Waals surface area contributed by atoms with Crippen molar-refractivity contribution >= 4 is 21.4 Å². The standard InChI is InChI=1S/C13H14N4S/c1-17-11(6-7-15-17)13(16-14)10-8-18-12-5-3-2-4-9(10)12/h2-8,13,16H,14H2,1H3. The van der Waals surface area contributed by atoms with Crippen LogP contribution in [0.5, 0.6) is 0 Å². The van der Waals surface area contributed by atoms with Gasteiger partial charge in [0.2, 0.25) is 0 Å². The van der Waals surface area contributed by atoms with Crippen molar-refractivity contribution in [2.24, 2.45) is 12.9 Å². The molecule has 1 unspecified atom stereocenters. The largest absolute Gasteiger partial charge is 0.271 e. The third kappa shape index (κ3) is 1.73. The Balaban J connectivity index is 2.15. The van der Waals surface area contributed by atoms with Gasteiger partial charge in [0.1, 0.15) is 0 Å². The smallest absolute Gasteiger partial charge is 0.0892 e. The molecule has 1 aromatic carbocycles. The van der Waals surface area contributed by atoms with Gasteiger partial charge in [-0.1, -0.05) is 18.2 Å². The van der Waals surface area contributed by atoms with E-state index in [1.54, 1.807) is 17.5 Å². The van der Waals surface area contributed by atoms with Crippen LogP contribution in [0, 0.1) is 0 Å². The summed E-state index contributed by atoms with van der Waals surface area (Å²) in [5.41, 5.74) is 5.14. The Bertz CT molecular complexity index is 670. The van der Waals surface area contributed by atoms with Gasteiger partial charge >= 0.3 is 0 Å². The first kappa shape index (κ1) is 11.4. The molecule has 3 N–H and O–H groups in total. The molecule has 0 spiro atoms. The van der Waals surface area contributed by atoms with Crippen LogP contribution in [0.2, 0.25) is 0 Å². The molecule has 3 aromatic rings. The summed E-state index contributed by atoms with van der Waals surface area (Å²) in [6, 6.07) is 10.3. The number of thiophene rings is 1. The molecule has 0 amide bonds. The van der Waals surface area contributed by atoms with Crippen LogP contribution in [0.3, 0.4) is 0 Å². The Labute approximate surface area is 109 Å². The summed E-state index contributed by atoms with van der Waals surface area (Å²) in [7, 11) is 1.92. The molecule has 0 aliphatic carbocycles. The topological polar surface area (TPSA) is 55.9 Å². The maximum absolute atomic E-state index is 5.73. The highest BCUT2D eigenvalue weighted by Gasteiger charge is 2.19. The zero-order valence-corrected chi connectivity index (χ0v) is 10.8. The van der Waals surface area contributed by atoms with Crippen LogP contribution in [-0.2, 0) is 7.05 Å². The van der Waals surface area contributed by atoms with E-state index in [9.17, 15) is 0 Å². The van der Waals surface area contributed by atoms with Crippen LogP contribution in [0.4, 0.5) is 0 Å². The summed E-state index contributed by atoms with van der Waals surface area (Å²) in [6.45, 7) is 0. The van der Waals surface area contributed by atoms with Gasteiger partial charge in [-0.2, -0.15) is 5.10 Å². The molecule has 2 heterocycles. The number of hydrogen-bond acceptors (Lipinski definition) is 4. The van der Waals surface area contributed by atoms with E-state index in [1.165, 1.54) is 15.6 Å². The van der Waals surface area contributed by atoms with Crippen molar-refractivity contribution in [3.8, 4) is 0 Å². The van der Waals surface area contributed by atoms with Gasteiger partial charge in [0.15, 0.2) is 0 Å². The molecule has 0 fully saturated rings. The first-order valence-corrected chi connectivity index (χ1v) is 6.59. The lowest BCUT2D eigenvalue weighted by Gasteiger charge is -2.15. The number of aryl methyl sites for hydroxylation is 1. The molecule has 0 bridgehead atoms. The number of hydrazine groups is 1. The molecule has 1 atom stereocenters. The fraction of sp³-hybridized carbons (Fsp3) is 0.154. The summed E-state index contributed by atoms with van der Waals surface area (Å²) in [5.74, 6) is 5.73. The first-order chi connectivity index (χ1) is 8.81. The van der Waals surface area contributed by atoms with Gasteiger partial charge in [-0.25, -0.2) is 5.43 Å². The van der Waals surface area contributed by atoms with Gasteiger partial charge in [-0.05, 0) is 28.5 Å². The number of aromatic nitrogens is 2. The molecular weight excluding hydrogens is 244 g/mol. The van der Waals surface area contributed by atoms with Gasteiger partial charge < -0.3 is 0 Å². The average Bonchev–Trinajstić information content (AvgIpc) is 2.99. The number of fused-ring (bicyclic) bond motifs is 1. The van der Waals surface area contributed by atoms with E-state index in [-0.39, 0.29) is 6.04 Å². The summed E-state index contributed by atoms with van der Waals surface area (Å²) in [5, 5.41) is 7.60. The highest BCUT2D eigenvalue weighted by Crippen LogP contribution is 2.32. The fourth-order valence-electron chi connectivity index (χ4n) is 2.22. The zero-order chi connectivity index (χ0) is 12.5. The molecule has 0 saturated heterocycles. The molecule has 4 nitrogen and oxygen atoms in total. The predicted octanol–water partition coefficient (Wildman–Crippen LogP) is 2.19. The van der Waals surface area contributed by atoms with Crippen LogP contribution < -0.4 is 11.3 Å². The summed E-state index contributed by atoms with van der Waals surface area (Å²) in [4.78, 5) is 0. The minimum atomic E-state index is -0.0337. The molecule has 0 radical (unpaired) electrons. The van der Waals surface area contributed by atoms with Crippen LogP contribution in [0.25, 0.3) is 10.1 Å². The first-order valence-electron chi connectivity index (χ1n) is 5.71. The van der Waals surface area contributed by atoms with Crippen LogP contribution in [-0.4, -0.2) is 9.78 Å². The Morgan fingerprint density at radius 1 is 1.33 bits per heavy atom. The van der Waals surface area contributed by atoms with Crippen LogP contribution >= 0.6 is 11.3 Å². The van der Waals surface area contributed by atoms with Gasteiger partial charge in [-0.3, -0.25) is 10.5 Å². The molecule has 3 rings (SSSR count). The van der Waals surface area contributed by atoms with Crippen molar-refractivity contribution in [2.75, 3.05) is 0 Å². The summed E-state index contributed by atoms with van der Waals surface area (Å²) >= 11 is 1.74. The molecule has 2 aromatic heterocycles. The zero-order valence-electron chi connectivity index (χ0n) is 10.00. The van der Waals surface area contributed by atoms with Gasteiger partial charge in [0.05, 0.1) is 11.7 Å². The lowest BCUT2D eigenvalue weighted by molar-refractivity contribution is 0.579. The third-order valence-corrected chi connectivity index (χ3v) is 4.12. The second-order valence-electron chi connectivity index (χ2n) is 4.17. The number of nitrogens with zero attached hydrogens (tertiary/aromatic N) is 2. The van der Waals surface area contributed by atoms with E-state index in [0.717, 1.165) is 5.69 Å². The minimum Gasteiger partial charge on any atom is -0.271 e. The predicted molar refractivity (Wildman–Crippen MR) is 74.2 cm³/mol. The quantitative estimate of drug-likeness (QED) is 0.559. The van der Waals surface area contributed by atoms with Crippen molar-refractivity contribution in [1.82, 2.24) is 15.2 Å².